The van der Waals surface area contributed by atoms with Crippen LogP contribution in [0.1, 0.15) is 28.8 Å². The fourth-order valence-corrected chi connectivity index (χ4v) is 2.59. The second-order valence-corrected chi connectivity index (χ2v) is 5.15. The standard InChI is InChI=1S/C11H16N2O3S/c1-6(5-16-4)17-10-9(11(14)15)7(2)12-8(3)13-10/h6H,5H2,1-4H3,(H,14,15). The molecule has 0 saturated carbocycles. The summed E-state index contributed by atoms with van der Waals surface area (Å²) in [4.78, 5) is 19.4. The number of ether oxygens (including phenoxy) is 1. The molecule has 6 heteroatoms. The van der Waals surface area contributed by atoms with Crippen molar-refractivity contribution in [2.75, 3.05) is 13.7 Å². The highest BCUT2D eigenvalue weighted by Gasteiger charge is 2.19. The SMILES string of the molecule is COCC(C)Sc1nc(C)nc(C)c1C(=O)O. The Bertz CT molecular complexity index is 423. The number of carboxylic acid groups (broad SMARTS) is 1. The minimum Gasteiger partial charge on any atom is -0.478 e. The number of carbonyl (C=O) groups is 1. The van der Waals surface area contributed by atoms with E-state index in [0.29, 0.717) is 23.2 Å². The van der Waals surface area contributed by atoms with Crippen LogP contribution in [0, 0.1) is 13.8 Å². The first-order chi connectivity index (χ1) is 7.95. The number of aryl methyl sites for hydroxylation is 2. The fourth-order valence-electron chi connectivity index (χ4n) is 1.47. The lowest BCUT2D eigenvalue weighted by Gasteiger charge is -2.12. The van der Waals surface area contributed by atoms with Gasteiger partial charge in [-0.05, 0) is 13.8 Å². The summed E-state index contributed by atoms with van der Waals surface area (Å²) in [6.45, 7) is 5.95. The molecule has 0 radical (unpaired) electrons. The molecule has 94 valence electrons. The molecule has 0 spiro atoms. The Labute approximate surface area is 105 Å². The van der Waals surface area contributed by atoms with Crippen molar-refractivity contribution in [1.82, 2.24) is 9.97 Å². The van der Waals surface area contributed by atoms with Crippen molar-refractivity contribution in [3.05, 3.63) is 17.1 Å². The van der Waals surface area contributed by atoms with Gasteiger partial charge < -0.3 is 9.84 Å². The summed E-state index contributed by atoms with van der Waals surface area (Å²) in [6.07, 6.45) is 0. The Kier molecular flexibility index (Phi) is 4.89. The first-order valence-electron chi connectivity index (χ1n) is 5.19. The second kappa shape index (κ2) is 5.97. The van der Waals surface area contributed by atoms with E-state index in [1.165, 1.54) is 11.8 Å². The predicted octanol–water partition coefficient (Wildman–Crippen LogP) is 1.92. The zero-order valence-electron chi connectivity index (χ0n) is 10.4. The van der Waals surface area contributed by atoms with Crippen LogP contribution in [-0.4, -0.2) is 40.0 Å². The van der Waals surface area contributed by atoms with E-state index in [-0.39, 0.29) is 10.8 Å². The molecule has 0 saturated heterocycles. The zero-order chi connectivity index (χ0) is 13.0. The van der Waals surface area contributed by atoms with Crippen LogP contribution in [0.15, 0.2) is 5.03 Å². The third-order valence-electron chi connectivity index (χ3n) is 2.10. The third-order valence-corrected chi connectivity index (χ3v) is 3.15. The van der Waals surface area contributed by atoms with Crippen LogP contribution in [0.2, 0.25) is 0 Å². The molecule has 0 bridgehead atoms. The van der Waals surface area contributed by atoms with Crippen molar-refractivity contribution in [3.63, 3.8) is 0 Å². The van der Waals surface area contributed by atoms with E-state index >= 15 is 0 Å². The van der Waals surface area contributed by atoms with Crippen molar-refractivity contribution in [2.24, 2.45) is 0 Å². The molecule has 0 fully saturated rings. The number of hydrogen-bond acceptors (Lipinski definition) is 5. The van der Waals surface area contributed by atoms with Crippen molar-refractivity contribution in [2.45, 2.75) is 31.0 Å². The average Bonchev–Trinajstić information content (AvgIpc) is 2.15. The monoisotopic (exact) mass is 256 g/mol. The summed E-state index contributed by atoms with van der Waals surface area (Å²) >= 11 is 1.39. The van der Waals surface area contributed by atoms with Gasteiger partial charge in [0.25, 0.3) is 0 Å². The number of methoxy groups -OCH3 is 1. The smallest absolute Gasteiger partial charge is 0.340 e. The Morgan fingerprint density at radius 3 is 2.65 bits per heavy atom. The molecule has 1 atom stereocenters. The number of carboxylic acids is 1. The number of aromatic carboxylic acids is 1. The molecule has 0 aromatic carbocycles. The van der Waals surface area contributed by atoms with E-state index in [2.05, 4.69) is 9.97 Å². The number of nitrogens with zero attached hydrogens (tertiary/aromatic N) is 2. The topological polar surface area (TPSA) is 72.3 Å². The third kappa shape index (κ3) is 3.67. The molecule has 1 unspecified atom stereocenters. The van der Waals surface area contributed by atoms with Gasteiger partial charge in [-0.15, -0.1) is 0 Å². The lowest BCUT2D eigenvalue weighted by Crippen LogP contribution is -2.12. The van der Waals surface area contributed by atoms with Crippen molar-refractivity contribution in [1.29, 1.82) is 0 Å². The van der Waals surface area contributed by atoms with Gasteiger partial charge in [0.05, 0.1) is 12.3 Å². The molecule has 0 aliphatic heterocycles. The van der Waals surface area contributed by atoms with E-state index in [9.17, 15) is 4.79 Å². The van der Waals surface area contributed by atoms with Gasteiger partial charge in [0.15, 0.2) is 0 Å². The Hall–Kier alpha value is -1.14. The summed E-state index contributed by atoms with van der Waals surface area (Å²) in [5.41, 5.74) is 0.681. The quantitative estimate of drug-likeness (QED) is 0.641. The Balaban J connectivity index is 3.08. The molecule has 1 N–H and O–H groups in total. The van der Waals surface area contributed by atoms with Crippen molar-refractivity contribution in [3.8, 4) is 0 Å². The summed E-state index contributed by atoms with van der Waals surface area (Å²) in [5.74, 6) is -0.408. The zero-order valence-corrected chi connectivity index (χ0v) is 11.2. The predicted molar refractivity (Wildman–Crippen MR) is 65.7 cm³/mol. The van der Waals surface area contributed by atoms with Crippen LogP contribution in [0.4, 0.5) is 0 Å². The van der Waals surface area contributed by atoms with E-state index in [1.54, 1.807) is 21.0 Å². The van der Waals surface area contributed by atoms with Crippen molar-refractivity contribution >= 4 is 17.7 Å². The molecule has 1 rings (SSSR count). The van der Waals surface area contributed by atoms with Gasteiger partial charge in [0, 0.05) is 12.4 Å². The fraction of sp³-hybridized carbons (Fsp3) is 0.545. The highest BCUT2D eigenvalue weighted by Crippen LogP contribution is 2.26. The van der Waals surface area contributed by atoms with Crippen LogP contribution in [0.25, 0.3) is 0 Å². The highest BCUT2D eigenvalue weighted by atomic mass is 32.2. The minimum atomic E-state index is -0.991. The number of rotatable bonds is 5. The molecule has 17 heavy (non-hydrogen) atoms. The largest absolute Gasteiger partial charge is 0.478 e. The summed E-state index contributed by atoms with van der Waals surface area (Å²) < 4.78 is 5.02. The van der Waals surface area contributed by atoms with Gasteiger partial charge in [-0.25, -0.2) is 14.8 Å². The van der Waals surface area contributed by atoms with Crippen LogP contribution in [0.3, 0.4) is 0 Å². The van der Waals surface area contributed by atoms with E-state index in [1.807, 2.05) is 6.92 Å². The average molecular weight is 256 g/mol. The number of thioether (sulfide) groups is 1. The van der Waals surface area contributed by atoms with Crippen LogP contribution < -0.4 is 0 Å². The lowest BCUT2D eigenvalue weighted by atomic mass is 10.2. The first kappa shape index (κ1) is 13.9. The van der Waals surface area contributed by atoms with Gasteiger partial charge in [0.1, 0.15) is 16.4 Å². The van der Waals surface area contributed by atoms with Gasteiger partial charge in [-0.2, -0.15) is 0 Å². The van der Waals surface area contributed by atoms with Gasteiger partial charge in [0.2, 0.25) is 0 Å². The van der Waals surface area contributed by atoms with Crippen LogP contribution in [0.5, 0.6) is 0 Å². The lowest BCUT2D eigenvalue weighted by molar-refractivity contribution is 0.0690. The van der Waals surface area contributed by atoms with Gasteiger partial charge in [-0.3, -0.25) is 0 Å². The minimum absolute atomic E-state index is 0.145. The molecule has 1 heterocycles. The first-order valence-corrected chi connectivity index (χ1v) is 6.07. The van der Waals surface area contributed by atoms with Crippen LogP contribution >= 0.6 is 11.8 Å². The maximum absolute atomic E-state index is 11.2. The molecule has 1 aromatic heterocycles. The summed E-state index contributed by atoms with van der Waals surface area (Å²) in [5, 5.41) is 9.81. The van der Waals surface area contributed by atoms with E-state index in [4.69, 9.17) is 9.84 Å². The molecular formula is C11H16N2O3S. The molecule has 5 nitrogen and oxygen atoms in total. The maximum atomic E-state index is 11.2. The normalized spacial score (nSPS) is 12.5. The summed E-state index contributed by atoms with van der Waals surface area (Å²) in [6, 6.07) is 0. The Morgan fingerprint density at radius 1 is 1.47 bits per heavy atom. The van der Waals surface area contributed by atoms with E-state index in [0.717, 1.165) is 0 Å². The van der Waals surface area contributed by atoms with Gasteiger partial charge >= 0.3 is 5.97 Å². The number of hydrogen-bond donors (Lipinski definition) is 1. The molecular weight excluding hydrogens is 240 g/mol. The molecule has 1 aromatic rings. The molecule has 0 aliphatic rings. The Morgan fingerprint density at radius 2 is 2.12 bits per heavy atom. The highest BCUT2D eigenvalue weighted by molar-refractivity contribution is 7.99. The summed E-state index contributed by atoms with van der Waals surface area (Å²) in [7, 11) is 1.62. The van der Waals surface area contributed by atoms with Crippen molar-refractivity contribution < 1.29 is 14.6 Å². The maximum Gasteiger partial charge on any atom is 0.340 e. The second-order valence-electron chi connectivity index (χ2n) is 3.73. The number of aromatic nitrogens is 2. The molecule has 0 aliphatic carbocycles. The van der Waals surface area contributed by atoms with E-state index < -0.39 is 5.97 Å². The van der Waals surface area contributed by atoms with Crippen LogP contribution in [-0.2, 0) is 4.74 Å². The van der Waals surface area contributed by atoms with Gasteiger partial charge in [-0.1, -0.05) is 18.7 Å². The molecule has 0 amide bonds.